The fraction of sp³-hybridized carbons (Fsp3) is 0.650. The summed E-state index contributed by atoms with van der Waals surface area (Å²) in [6, 6.07) is 6.26. The summed E-state index contributed by atoms with van der Waals surface area (Å²) in [7, 11) is 0. The van der Waals surface area contributed by atoms with Crippen molar-refractivity contribution < 1.29 is 14.3 Å². The quantitative estimate of drug-likeness (QED) is 0.881. The number of carbonyl (C=O) groups excluding carboxylic acids is 1. The van der Waals surface area contributed by atoms with Crippen molar-refractivity contribution in [2.45, 2.75) is 62.3 Å². The molecule has 5 heteroatoms. The number of hydrogen-bond acceptors (Lipinski definition) is 4. The summed E-state index contributed by atoms with van der Waals surface area (Å²) in [5.74, 6) is 1.67. The second-order valence-electron chi connectivity index (χ2n) is 7.89. The van der Waals surface area contributed by atoms with Crippen LogP contribution in [0.25, 0.3) is 0 Å². The van der Waals surface area contributed by atoms with Gasteiger partial charge in [-0.1, -0.05) is 31.7 Å². The Morgan fingerprint density at radius 3 is 2.36 bits per heavy atom. The SMILES string of the molecule is NC1(C(=O)NCC2(c3ccc4c(c3)OCCO4)CCCC2)CCCC1. The first-order chi connectivity index (χ1) is 12.1. The molecule has 1 aromatic carbocycles. The van der Waals surface area contributed by atoms with Gasteiger partial charge in [-0.15, -0.1) is 0 Å². The number of fused-ring (bicyclic) bond motifs is 1. The third-order valence-corrected chi connectivity index (χ3v) is 6.25. The monoisotopic (exact) mass is 344 g/mol. The van der Waals surface area contributed by atoms with Crippen molar-refractivity contribution in [1.29, 1.82) is 0 Å². The van der Waals surface area contributed by atoms with Gasteiger partial charge in [0.25, 0.3) is 0 Å². The van der Waals surface area contributed by atoms with Gasteiger partial charge in [0, 0.05) is 12.0 Å². The van der Waals surface area contributed by atoms with E-state index in [0.717, 1.165) is 50.0 Å². The number of ether oxygens (including phenoxy) is 2. The molecule has 1 aliphatic heterocycles. The van der Waals surface area contributed by atoms with Crippen LogP contribution in [0.15, 0.2) is 18.2 Å². The van der Waals surface area contributed by atoms with Gasteiger partial charge in [0.05, 0.1) is 5.54 Å². The van der Waals surface area contributed by atoms with Crippen molar-refractivity contribution in [3.63, 3.8) is 0 Å². The smallest absolute Gasteiger partial charge is 0.240 e. The molecule has 1 heterocycles. The van der Waals surface area contributed by atoms with Crippen LogP contribution in [0.3, 0.4) is 0 Å². The van der Waals surface area contributed by atoms with Crippen LogP contribution in [0.2, 0.25) is 0 Å². The molecular weight excluding hydrogens is 316 g/mol. The van der Waals surface area contributed by atoms with Crippen LogP contribution < -0.4 is 20.5 Å². The van der Waals surface area contributed by atoms with Crippen LogP contribution >= 0.6 is 0 Å². The highest BCUT2D eigenvalue weighted by Crippen LogP contribution is 2.44. The molecule has 136 valence electrons. The van der Waals surface area contributed by atoms with Gasteiger partial charge in [0.15, 0.2) is 11.5 Å². The maximum absolute atomic E-state index is 12.6. The van der Waals surface area contributed by atoms with Gasteiger partial charge in [0.2, 0.25) is 5.91 Å². The van der Waals surface area contributed by atoms with E-state index in [1.165, 1.54) is 18.4 Å². The number of rotatable bonds is 4. The average Bonchev–Trinajstić information content (AvgIpc) is 3.30. The van der Waals surface area contributed by atoms with E-state index < -0.39 is 5.54 Å². The number of nitrogens with two attached hydrogens (primary N) is 1. The Morgan fingerprint density at radius 1 is 1.00 bits per heavy atom. The lowest BCUT2D eigenvalue weighted by Gasteiger charge is -2.33. The van der Waals surface area contributed by atoms with Crippen LogP contribution in [0.1, 0.15) is 56.9 Å². The first-order valence-electron chi connectivity index (χ1n) is 9.59. The molecule has 0 atom stereocenters. The zero-order chi connectivity index (χ0) is 17.3. The van der Waals surface area contributed by atoms with Gasteiger partial charge >= 0.3 is 0 Å². The van der Waals surface area contributed by atoms with Crippen LogP contribution in [0.4, 0.5) is 0 Å². The normalized spacial score (nSPS) is 23.4. The fourth-order valence-electron chi connectivity index (χ4n) is 4.65. The lowest BCUT2D eigenvalue weighted by molar-refractivity contribution is -0.126. The summed E-state index contributed by atoms with van der Waals surface area (Å²) in [6.45, 7) is 1.85. The van der Waals surface area contributed by atoms with Crippen molar-refractivity contribution in [1.82, 2.24) is 5.32 Å². The minimum absolute atomic E-state index is 0.0134. The topological polar surface area (TPSA) is 73.6 Å². The lowest BCUT2D eigenvalue weighted by Crippen LogP contribution is -2.54. The molecule has 0 spiro atoms. The molecule has 1 amide bonds. The molecule has 1 aromatic rings. The van der Waals surface area contributed by atoms with Crippen LogP contribution in [-0.2, 0) is 10.2 Å². The number of hydrogen-bond donors (Lipinski definition) is 2. The Morgan fingerprint density at radius 2 is 1.64 bits per heavy atom. The first-order valence-corrected chi connectivity index (χ1v) is 9.59. The standard InChI is InChI=1S/C20H28N2O3/c21-20(9-3-4-10-20)18(23)22-14-19(7-1-2-8-19)15-5-6-16-17(13-15)25-12-11-24-16/h5-6,13H,1-4,7-12,14,21H2,(H,22,23). The zero-order valence-corrected chi connectivity index (χ0v) is 14.8. The fourth-order valence-corrected chi connectivity index (χ4v) is 4.65. The molecule has 5 nitrogen and oxygen atoms in total. The predicted octanol–water partition coefficient (Wildman–Crippen LogP) is 2.66. The minimum atomic E-state index is -0.660. The average molecular weight is 344 g/mol. The molecule has 2 aliphatic carbocycles. The maximum atomic E-state index is 12.6. The van der Waals surface area contributed by atoms with Crippen molar-refractivity contribution in [3.8, 4) is 11.5 Å². The van der Waals surface area contributed by atoms with E-state index >= 15 is 0 Å². The largest absolute Gasteiger partial charge is 0.486 e. The Hall–Kier alpha value is -1.75. The molecule has 0 aromatic heterocycles. The van der Waals surface area contributed by atoms with E-state index in [1.54, 1.807) is 0 Å². The van der Waals surface area contributed by atoms with Gasteiger partial charge in [-0.05, 0) is 43.4 Å². The molecule has 0 bridgehead atoms. The van der Waals surface area contributed by atoms with Crippen molar-refractivity contribution in [3.05, 3.63) is 23.8 Å². The Bertz CT molecular complexity index is 646. The zero-order valence-electron chi connectivity index (χ0n) is 14.8. The van der Waals surface area contributed by atoms with Crippen LogP contribution in [0.5, 0.6) is 11.5 Å². The van der Waals surface area contributed by atoms with Crippen LogP contribution in [-0.4, -0.2) is 31.2 Å². The highest BCUT2D eigenvalue weighted by molar-refractivity contribution is 5.86. The van der Waals surface area contributed by atoms with E-state index in [9.17, 15) is 4.79 Å². The third kappa shape index (κ3) is 3.10. The summed E-state index contributed by atoms with van der Waals surface area (Å²) in [6.07, 6.45) is 8.27. The Labute approximate surface area is 149 Å². The second kappa shape index (κ2) is 6.52. The third-order valence-electron chi connectivity index (χ3n) is 6.25. The number of carbonyl (C=O) groups is 1. The molecule has 0 saturated heterocycles. The number of nitrogens with one attached hydrogen (secondary N) is 1. The van der Waals surface area contributed by atoms with Crippen molar-refractivity contribution in [2.24, 2.45) is 5.73 Å². The van der Waals surface area contributed by atoms with Crippen molar-refractivity contribution >= 4 is 5.91 Å². The summed E-state index contributed by atoms with van der Waals surface area (Å²) < 4.78 is 11.4. The minimum Gasteiger partial charge on any atom is -0.486 e. The van der Waals surface area contributed by atoms with Crippen molar-refractivity contribution in [2.75, 3.05) is 19.8 Å². The van der Waals surface area contributed by atoms with E-state index in [1.807, 2.05) is 6.07 Å². The summed E-state index contributed by atoms with van der Waals surface area (Å²) >= 11 is 0. The molecule has 4 rings (SSSR count). The van der Waals surface area contributed by atoms with Crippen LogP contribution in [0, 0.1) is 0 Å². The van der Waals surface area contributed by atoms with E-state index in [2.05, 4.69) is 17.4 Å². The number of amides is 1. The van der Waals surface area contributed by atoms with Gasteiger partial charge in [-0.3, -0.25) is 4.79 Å². The summed E-state index contributed by atoms with van der Waals surface area (Å²) in [5, 5.41) is 3.19. The van der Waals surface area contributed by atoms with Gasteiger partial charge < -0.3 is 20.5 Å². The molecule has 2 saturated carbocycles. The summed E-state index contributed by atoms with van der Waals surface area (Å²) in [5.41, 5.74) is 6.88. The lowest BCUT2D eigenvalue weighted by atomic mass is 9.78. The predicted molar refractivity (Wildman–Crippen MR) is 96.0 cm³/mol. The molecule has 3 N–H and O–H groups in total. The second-order valence-corrected chi connectivity index (χ2v) is 7.89. The summed E-state index contributed by atoms with van der Waals surface area (Å²) in [4.78, 5) is 12.6. The van der Waals surface area contributed by atoms with E-state index in [0.29, 0.717) is 19.8 Å². The molecule has 3 aliphatic rings. The van der Waals surface area contributed by atoms with Gasteiger partial charge in [-0.25, -0.2) is 0 Å². The highest BCUT2D eigenvalue weighted by Gasteiger charge is 2.41. The first kappa shape index (κ1) is 16.7. The van der Waals surface area contributed by atoms with Gasteiger partial charge in [-0.2, -0.15) is 0 Å². The molecular formula is C20H28N2O3. The number of benzene rings is 1. The molecule has 2 fully saturated rings. The van der Waals surface area contributed by atoms with Gasteiger partial charge in [0.1, 0.15) is 13.2 Å². The molecule has 25 heavy (non-hydrogen) atoms. The Balaban J connectivity index is 1.53. The highest BCUT2D eigenvalue weighted by atomic mass is 16.6. The van der Waals surface area contributed by atoms with E-state index in [-0.39, 0.29) is 11.3 Å². The Kier molecular flexibility index (Phi) is 4.36. The molecule has 0 unspecified atom stereocenters. The molecule has 0 radical (unpaired) electrons. The maximum Gasteiger partial charge on any atom is 0.240 e. The van der Waals surface area contributed by atoms with E-state index in [4.69, 9.17) is 15.2 Å².